The molecule has 0 unspecified atom stereocenters. The van der Waals surface area contributed by atoms with Crippen molar-refractivity contribution >= 4 is 46.3 Å². The minimum Gasteiger partial charge on any atom is -0.428 e. The number of piperidine rings is 1. The first-order valence-corrected chi connectivity index (χ1v) is 12.8. The lowest BCUT2D eigenvalue weighted by atomic mass is 9.99. The fourth-order valence-corrected chi connectivity index (χ4v) is 5.19. The Balaban J connectivity index is 1.59. The smallest absolute Gasteiger partial charge is 0.406 e. The van der Waals surface area contributed by atoms with Gasteiger partial charge in [-0.2, -0.15) is 0 Å². The van der Waals surface area contributed by atoms with Gasteiger partial charge in [0.1, 0.15) is 12.2 Å². The summed E-state index contributed by atoms with van der Waals surface area (Å²) in [5.74, 6) is 1.35. The number of nitrogens with one attached hydrogen (secondary N) is 1. The molecule has 37 heavy (non-hydrogen) atoms. The molecule has 0 saturated carbocycles. The third-order valence-corrected chi connectivity index (χ3v) is 6.92. The van der Waals surface area contributed by atoms with Crippen molar-refractivity contribution in [1.82, 2.24) is 24.8 Å². The van der Waals surface area contributed by atoms with E-state index in [0.29, 0.717) is 58.8 Å². The fourth-order valence-electron chi connectivity index (χ4n) is 4.84. The molecule has 0 radical (unpaired) electrons. The van der Waals surface area contributed by atoms with Crippen molar-refractivity contribution in [3.8, 4) is 17.1 Å². The number of halogens is 2. The summed E-state index contributed by atoms with van der Waals surface area (Å²) < 4.78 is 7.51. The second-order valence-corrected chi connectivity index (χ2v) is 10.1. The molecule has 11 heteroatoms. The molecule has 2 aromatic heterocycles. The van der Waals surface area contributed by atoms with E-state index in [1.54, 1.807) is 0 Å². The minimum absolute atomic E-state index is 0.116. The van der Waals surface area contributed by atoms with Gasteiger partial charge < -0.3 is 15.4 Å². The van der Waals surface area contributed by atoms with E-state index in [4.69, 9.17) is 38.7 Å². The number of fused-ring (bicyclic) bond motifs is 1. The molecular weight excluding hydrogens is 513 g/mol. The summed E-state index contributed by atoms with van der Waals surface area (Å²) in [6, 6.07) is 15.2. The van der Waals surface area contributed by atoms with E-state index < -0.39 is 11.8 Å². The average molecular weight is 540 g/mol. The summed E-state index contributed by atoms with van der Waals surface area (Å²) in [7, 11) is 0. The first-order valence-electron chi connectivity index (χ1n) is 12.0. The molecule has 1 amide bonds. The van der Waals surface area contributed by atoms with Crippen LogP contribution in [0.15, 0.2) is 54.9 Å². The largest absolute Gasteiger partial charge is 0.428 e. The summed E-state index contributed by atoms with van der Waals surface area (Å²) >= 11 is 12.8. The van der Waals surface area contributed by atoms with Crippen LogP contribution >= 0.6 is 23.2 Å². The molecule has 0 spiro atoms. The second-order valence-electron chi connectivity index (χ2n) is 9.30. The van der Waals surface area contributed by atoms with Gasteiger partial charge in [0.25, 0.3) is 0 Å². The highest BCUT2D eigenvalue weighted by Crippen LogP contribution is 2.36. The fraction of sp³-hybridized carbons (Fsp3) is 0.308. The van der Waals surface area contributed by atoms with Crippen LogP contribution in [0, 0.1) is 0 Å². The Morgan fingerprint density at radius 1 is 1.08 bits per heavy atom. The number of hydrogen-bond acceptors (Lipinski definition) is 7. The maximum absolute atomic E-state index is 11.6. The van der Waals surface area contributed by atoms with Crippen LogP contribution < -0.4 is 16.0 Å². The lowest BCUT2D eigenvalue weighted by Gasteiger charge is -2.42. The molecule has 4 aromatic rings. The number of benzene rings is 2. The average Bonchev–Trinajstić information content (AvgIpc) is 3.24. The molecule has 0 atom stereocenters. The number of rotatable bonds is 6. The number of ether oxygens (including phenoxy) is 1. The molecule has 3 N–H and O–H groups in total. The van der Waals surface area contributed by atoms with E-state index in [-0.39, 0.29) is 6.04 Å². The van der Waals surface area contributed by atoms with Crippen LogP contribution in [0.4, 0.5) is 10.6 Å². The molecule has 0 aliphatic carbocycles. The lowest BCUT2D eigenvalue weighted by Crippen LogP contribution is -2.58. The van der Waals surface area contributed by atoms with Crippen LogP contribution in [0.25, 0.3) is 28.2 Å². The van der Waals surface area contributed by atoms with Crippen molar-refractivity contribution in [2.45, 2.75) is 38.5 Å². The Hall–Kier alpha value is -3.40. The van der Waals surface area contributed by atoms with Crippen LogP contribution in [0.3, 0.4) is 0 Å². The van der Waals surface area contributed by atoms with E-state index in [2.05, 4.69) is 20.2 Å². The number of primary amides is 1. The van der Waals surface area contributed by atoms with E-state index in [9.17, 15) is 4.79 Å². The van der Waals surface area contributed by atoms with Crippen LogP contribution in [0.2, 0.25) is 10.0 Å². The molecular formula is C26H27Cl2N7O2. The summed E-state index contributed by atoms with van der Waals surface area (Å²) in [4.78, 5) is 28.0. The summed E-state index contributed by atoms with van der Waals surface area (Å²) in [6.07, 6.45) is 1.82. The van der Waals surface area contributed by atoms with Crippen LogP contribution in [-0.4, -0.2) is 50.5 Å². The zero-order valence-electron chi connectivity index (χ0n) is 20.5. The standard InChI is InChI=1S/C26H27Cl2N7O2/c1-16(2)33-26(37-25(29)36)11-13-34(14-12-26)23-21-24(31-15-30-23)35(18-9-7-17(27)8-10-18)22(32-21)19-5-3-4-6-20(19)28/h3-10,15-16,33H,11-14H2,1-2H3,(H2,29,36). The molecule has 9 nitrogen and oxygen atoms in total. The van der Waals surface area contributed by atoms with Crippen molar-refractivity contribution in [2.24, 2.45) is 5.73 Å². The van der Waals surface area contributed by atoms with Gasteiger partial charge in [0, 0.05) is 48.2 Å². The molecule has 1 saturated heterocycles. The van der Waals surface area contributed by atoms with Gasteiger partial charge in [0.05, 0.1) is 5.02 Å². The summed E-state index contributed by atoms with van der Waals surface area (Å²) in [5.41, 5.74) is 7.48. The van der Waals surface area contributed by atoms with Gasteiger partial charge in [0.15, 0.2) is 22.7 Å². The van der Waals surface area contributed by atoms with Crippen LogP contribution in [0.1, 0.15) is 26.7 Å². The predicted molar refractivity (Wildman–Crippen MR) is 145 cm³/mol. The lowest BCUT2D eigenvalue weighted by molar-refractivity contribution is -0.0354. The number of carbonyl (C=O) groups is 1. The number of nitrogens with zero attached hydrogens (tertiary/aromatic N) is 5. The molecule has 1 aliphatic heterocycles. The molecule has 1 fully saturated rings. The maximum Gasteiger partial charge on any atom is 0.406 e. The van der Waals surface area contributed by atoms with Gasteiger partial charge >= 0.3 is 6.09 Å². The topological polar surface area (TPSA) is 111 Å². The Morgan fingerprint density at radius 3 is 2.43 bits per heavy atom. The van der Waals surface area contributed by atoms with E-state index in [1.807, 2.05) is 66.9 Å². The molecule has 2 aromatic carbocycles. The molecule has 0 bridgehead atoms. The number of anilines is 1. The van der Waals surface area contributed by atoms with Crippen molar-refractivity contribution < 1.29 is 9.53 Å². The van der Waals surface area contributed by atoms with Gasteiger partial charge in [-0.25, -0.2) is 19.7 Å². The van der Waals surface area contributed by atoms with Gasteiger partial charge in [-0.1, -0.05) is 35.3 Å². The minimum atomic E-state index is -0.825. The quantitative estimate of drug-likeness (QED) is 0.324. The number of carbonyl (C=O) groups excluding carboxylic acids is 1. The number of aromatic nitrogens is 4. The highest BCUT2D eigenvalue weighted by atomic mass is 35.5. The van der Waals surface area contributed by atoms with Crippen molar-refractivity contribution in [3.63, 3.8) is 0 Å². The monoisotopic (exact) mass is 539 g/mol. The Kier molecular flexibility index (Phi) is 6.94. The Labute approximate surface area is 224 Å². The van der Waals surface area contributed by atoms with Crippen molar-refractivity contribution in [3.05, 3.63) is 64.9 Å². The zero-order valence-corrected chi connectivity index (χ0v) is 22.0. The third-order valence-electron chi connectivity index (χ3n) is 6.34. The SMILES string of the molecule is CC(C)NC1(OC(N)=O)CCN(c2ncnc3c2nc(-c2ccccc2Cl)n3-c2ccc(Cl)cc2)CC1. The third kappa shape index (κ3) is 5.07. The first kappa shape index (κ1) is 25.3. The molecule has 1 aliphatic rings. The normalized spacial score (nSPS) is 15.3. The van der Waals surface area contributed by atoms with Gasteiger partial charge in [-0.3, -0.25) is 9.88 Å². The molecule has 192 valence electrons. The highest BCUT2D eigenvalue weighted by molar-refractivity contribution is 6.33. The van der Waals surface area contributed by atoms with Crippen LogP contribution in [0.5, 0.6) is 0 Å². The number of imidazole rings is 1. The first-order chi connectivity index (χ1) is 17.8. The van der Waals surface area contributed by atoms with Gasteiger partial charge in [-0.15, -0.1) is 0 Å². The Morgan fingerprint density at radius 2 is 1.78 bits per heavy atom. The number of amides is 1. The maximum atomic E-state index is 11.6. The van der Waals surface area contributed by atoms with Crippen LogP contribution in [-0.2, 0) is 4.74 Å². The second kappa shape index (κ2) is 10.2. The summed E-state index contributed by atoms with van der Waals surface area (Å²) in [6.45, 7) is 5.17. The van der Waals surface area contributed by atoms with E-state index in [0.717, 1.165) is 11.3 Å². The van der Waals surface area contributed by atoms with Crippen molar-refractivity contribution in [1.29, 1.82) is 0 Å². The molecule has 5 rings (SSSR count). The van der Waals surface area contributed by atoms with Gasteiger partial charge in [-0.05, 0) is 50.2 Å². The predicted octanol–water partition coefficient (Wildman–Crippen LogP) is 5.18. The number of nitrogens with two attached hydrogens (primary N) is 1. The van der Waals surface area contributed by atoms with E-state index in [1.165, 1.54) is 6.33 Å². The summed E-state index contributed by atoms with van der Waals surface area (Å²) in [5, 5.41) is 4.58. The zero-order chi connectivity index (χ0) is 26.2. The van der Waals surface area contributed by atoms with Gasteiger partial charge in [0.2, 0.25) is 0 Å². The molecule has 3 heterocycles. The number of hydrogen-bond donors (Lipinski definition) is 2. The highest BCUT2D eigenvalue weighted by Gasteiger charge is 2.39. The Bertz CT molecular complexity index is 1430. The van der Waals surface area contributed by atoms with E-state index >= 15 is 0 Å². The van der Waals surface area contributed by atoms with Crippen molar-refractivity contribution in [2.75, 3.05) is 18.0 Å².